The van der Waals surface area contributed by atoms with Crippen molar-refractivity contribution in [2.24, 2.45) is 0 Å². The second-order valence-electron chi connectivity index (χ2n) is 6.57. The topological polar surface area (TPSA) is 75.6 Å². The largest absolute Gasteiger partial charge is 0.372 e. The Hall–Kier alpha value is -0.950. The number of nitrogens with one attached hydrogen (secondary N) is 1. The number of hydrogen-bond donors (Lipinski definition) is 2. The molecular weight excluding hydrogens is 290 g/mol. The van der Waals surface area contributed by atoms with Gasteiger partial charge < -0.3 is 10.1 Å². The Morgan fingerprint density at radius 1 is 1.14 bits per heavy atom. The van der Waals surface area contributed by atoms with Gasteiger partial charge in [0.15, 0.2) is 0 Å². The fourth-order valence-corrected chi connectivity index (χ4v) is 2.12. The zero-order valence-corrected chi connectivity index (χ0v) is 14.1. The molecule has 0 saturated carbocycles. The Balaban J connectivity index is 0.000000211. The van der Waals surface area contributed by atoms with E-state index in [1.807, 2.05) is 6.92 Å². The second-order valence-corrected chi connectivity index (χ2v) is 8.00. The SMILES string of the molecule is CC1(C)COC(C)(C)CN1.Cc1ccc(S(=O)(=O)O)cc1. The third-order valence-corrected chi connectivity index (χ3v) is 4.00. The van der Waals surface area contributed by atoms with Gasteiger partial charge in [-0.25, -0.2) is 0 Å². The van der Waals surface area contributed by atoms with Crippen LogP contribution >= 0.6 is 0 Å². The van der Waals surface area contributed by atoms with Crippen molar-refractivity contribution in [1.82, 2.24) is 5.32 Å². The van der Waals surface area contributed by atoms with Crippen LogP contribution in [0.5, 0.6) is 0 Å². The molecule has 1 heterocycles. The van der Waals surface area contributed by atoms with Gasteiger partial charge in [-0.3, -0.25) is 4.55 Å². The smallest absolute Gasteiger partial charge is 0.294 e. The minimum atomic E-state index is -4.02. The van der Waals surface area contributed by atoms with Gasteiger partial charge in [0.1, 0.15) is 0 Å². The van der Waals surface area contributed by atoms with E-state index in [9.17, 15) is 8.42 Å². The zero-order valence-electron chi connectivity index (χ0n) is 13.3. The first kappa shape index (κ1) is 18.1. The monoisotopic (exact) mass is 315 g/mol. The summed E-state index contributed by atoms with van der Waals surface area (Å²) >= 11 is 0. The summed E-state index contributed by atoms with van der Waals surface area (Å²) in [7, 11) is -4.02. The summed E-state index contributed by atoms with van der Waals surface area (Å²) in [6.45, 7) is 12.1. The third-order valence-electron chi connectivity index (χ3n) is 3.14. The maximum absolute atomic E-state index is 10.5. The fourth-order valence-electron chi connectivity index (χ4n) is 1.64. The molecule has 1 aromatic rings. The third kappa shape index (κ3) is 6.56. The van der Waals surface area contributed by atoms with Crippen LogP contribution < -0.4 is 5.32 Å². The van der Waals surface area contributed by atoms with Crippen molar-refractivity contribution in [3.05, 3.63) is 29.8 Å². The molecular formula is C15H25NO4S. The van der Waals surface area contributed by atoms with Gasteiger partial charge in [0.25, 0.3) is 10.1 Å². The van der Waals surface area contributed by atoms with Crippen LogP contribution in [-0.4, -0.2) is 37.3 Å². The lowest BCUT2D eigenvalue weighted by molar-refractivity contribution is -0.0782. The zero-order chi connectivity index (χ0) is 16.3. The van der Waals surface area contributed by atoms with Crippen LogP contribution in [0.1, 0.15) is 33.3 Å². The summed E-state index contributed by atoms with van der Waals surface area (Å²) in [6, 6.07) is 5.99. The quantitative estimate of drug-likeness (QED) is 0.778. The molecule has 2 N–H and O–H groups in total. The molecule has 2 rings (SSSR count). The number of hydrogen-bond acceptors (Lipinski definition) is 4. The maximum Gasteiger partial charge on any atom is 0.294 e. The van der Waals surface area contributed by atoms with E-state index in [2.05, 4.69) is 33.0 Å². The Kier molecular flexibility index (Phi) is 5.55. The van der Waals surface area contributed by atoms with E-state index in [0.29, 0.717) is 0 Å². The lowest BCUT2D eigenvalue weighted by Gasteiger charge is -2.40. The van der Waals surface area contributed by atoms with Crippen molar-refractivity contribution in [2.45, 2.75) is 50.7 Å². The molecule has 120 valence electrons. The minimum Gasteiger partial charge on any atom is -0.372 e. The minimum absolute atomic E-state index is 0.0233. The summed E-state index contributed by atoms with van der Waals surface area (Å²) in [5, 5.41) is 3.42. The van der Waals surface area contributed by atoms with Gasteiger partial charge in [-0.15, -0.1) is 0 Å². The van der Waals surface area contributed by atoms with Crippen LogP contribution in [0.2, 0.25) is 0 Å². The van der Waals surface area contributed by atoms with Gasteiger partial charge in [-0.1, -0.05) is 17.7 Å². The molecule has 1 aromatic carbocycles. The van der Waals surface area contributed by atoms with Gasteiger partial charge in [-0.05, 0) is 46.8 Å². The first-order chi connectivity index (χ1) is 9.41. The normalized spacial score (nSPS) is 20.3. The highest BCUT2D eigenvalue weighted by atomic mass is 32.2. The molecule has 1 saturated heterocycles. The average Bonchev–Trinajstić information content (AvgIpc) is 2.34. The van der Waals surface area contributed by atoms with Gasteiger partial charge >= 0.3 is 0 Å². The molecule has 0 radical (unpaired) electrons. The van der Waals surface area contributed by atoms with Gasteiger partial charge in [0.05, 0.1) is 17.1 Å². The lowest BCUT2D eigenvalue weighted by atomic mass is 10.00. The van der Waals surface area contributed by atoms with Gasteiger partial charge in [0.2, 0.25) is 0 Å². The molecule has 0 atom stereocenters. The maximum atomic E-state index is 10.5. The first-order valence-electron chi connectivity index (χ1n) is 6.84. The summed E-state index contributed by atoms with van der Waals surface area (Å²) in [5.74, 6) is 0. The molecule has 0 bridgehead atoms. The van der Waals surface area contributed by atoms with Crippen LogP contribution in [0.3, 0.4) is 0 Å². The number of rotatable bonds is 1. The molecule has 0 aromatic heterocycles. The standard InChI is InChI=1S/C8H17NO.C7H8O3S/c1-7(2)6-10-8(3,4)5-9-7;1-6-2-4-7(5-3-6)11(8,9)10/h9H,5-6H2,1-4H3;2-5H,1H3,(H,8,9,10). The first-order valence-corrected chi connectivity index (χ1v) is 8.28. The van der Waals surface area contributed by atoms with E-state index in [1.54, 1.807) is 12.1 Å². The van der Waals surface area contributed by atoms with Crippen LogP contribution in [0.15, 0.2) is 29.2 Å². The lowest BCUT2D eigenvalue weighted by Crippen LogP contribution is -2.57. The van der Waals surface area contributed by atoms with Crippen LogP contribution in [0, 0.1) is 6.92 Å². The average molecular weight is 315 g/mol. The Morgan fingerprint density at radius 3 is 2.00 bits per heavy atom. The van der Waals surface area contributed by atoms with E-state index < -0.39 is 10.1 Å². The van der Waals surface area contributed by atoms with Gasteiger partial charge in [-0.2, -0.15) is 8.42 Å². The molecule has 1 aliphatic rings. The van der Waals surface area contributed by atoms with Crippen LogP contribution in [-0.2, 0) is 14.9 Å². The molecule has 1 fully saturated rings. The molecule has 0 spiro atoms. The number of benzene rings is 1. The van der Waals surface area contributed by atoms with Crippen molar-refractivity contribution < 1.29 is 17.7 Å². The summed E-state index contributed by atoms with van der Waals surface area (Å²) in [5.41, 5.74) is 1.14. The van der Waals surface area contributed by atoms with Gasteiger partial charge in [0, 0.05) is 12.1 Å². The predicted octanol–water partition coefficient (Wildman–Crippen LogP) is 2.41. The fraction of sp³-hybridized carbons (Fsp3) is 0.600. The Morgan fingerprint density at radius 2 is 1.67 bits per heavy atom. The highest BCUT2D eigenvalue weighted by molar-refractivity contribution is 7.85. The summed E-state index contributed by atoms with van der Waals surface area (Å²) in [6.07, 6.45) is 0. The molecule has 0 unspecified atom stereocenters. The summed E-state index contributed by atoms with van der Waals surface area (Å²) in [4.78, 5) is -0.0666. The number of morpholine rings is 1. The van der Waals surface area contributed by atoms with Crippen molar-refractivity contribution in [3.63, 3.8) is 0 Å². The number of ether oxygens (including phenoxy) is 1. The Labute approximate surface area is 127 Å². The van der Waals surface area contributed by atoms with E-state index in [1.165, 1.54) is 12.1 Å². The molecule has 6 heteroatoms. The molecule has 0 aliphatic carbocycles. The van der Waals surface area contributed by atoms with E-state index in [0.717, 1.165) is 18.7 Å². The van der Waals surface area contributed by atoms with Crippen molar-refractivity contribution in [1.29, 1.82) is 0 Å². The Bertz CT molecular complexity index is 534. The van der Waals surface area contributed by atoms with Crippen molar-refractivity contribution >= 4 is 10.1 Å². The summed E-state index contributed by atoms with van der Waals surface area (Å²) < 4.78 is 35.2. The van der Waals surface area contributed by atoms with E-state index in [-0.39, 0.29) is 16.0 Å². The van der Waals surface area contributed by atoms with E-state index >= 15 is 0 Å². The number of aryl methyl sites for hydroxylation is 1. The van der Waals surface area contributed by atoms with Crippen molar-refractivity contribution in [2.75, 3.05) is 13.2 Å². The van der Waals surface area contributed by atoms with Crippen molar-refractivity contribution in [3.8, 4) is 0 Å². The highest BCUT2D eigenvalue weighted by Crippen LogP contribution is 2.18. The van der Waals surface area contributed by atoms with Crippen LogP contribution in [0.25, 0.3) is 0 Å². The molecule has 21 heavy (non-hydrogen) atoms. The molecule has 1 aliphatic heterocycles. The van der Waals surface area contributed by atoms with Crippen LogP contribution in [0.4, 0.5) is 0 Å². The molecule has 5 nitrogen and oxygen atoms in total. The predicted molar refractivity (Wildman–Crippen MR) is 83.1 cm³/mol. The second kappa shape index (κ2) is 6.44. The van der Waals surface area contributed by atoms with E-state index in [4.69, 9.17) is 9.29 Å². The molecule has 0 amide bonds. The highest BCUT2D eigenvalue weighted by Gasteiger charge is 2.31.